The van der Waals surface area contributed by atoms with Crippen LogP contribution in [0.25, 0.3) is 0 Å². The van der Waals surface area contributed by atoms with Crippen LogP contribution >= 0.6 is 0 Å². The molecule has 1 unspecified atom stereocenters. The van der Waals surface area contributed by atoms with Crippen LogP contribution in [-0.4, -0.2) is 59.9 Å². The Bertz CT molecular complexity index is 154. The van der Waals surface area contributed by atoms with Crippen LogP contribution in [0.4, 0.5) is 0 Å². The van der Waals surface area contributed by atoms with E-state index in [0.29, 0.717) is 0 Å². The fourth-order valence-corrected chi connectivity index (χ4v) is 0.463. The van der Waals surface area contributed by atoms with E-state index in [1.807, 2.05) is 0 Å². The van der Waals surface area contributed by atoms with Gasteiger partial charge in [0, 0.05) is 6.42 Å². The van der Waals surface area contributed by atoms with Crippen LogP contribution in [0, 0.1) is 5.92 Å². The van der Waals surface area contributed by atoms with Crippen molar-refractivity contribution in [2.45, 2.75) is 19.8 Å². The Labute approximate surface area is 97.6 Å². The molecule has 1 atom stereocenters. The van der Waals surface area contributed by atoms with E-state index >= 15 is 0 Å². The number of rotatable bonds is 4. The van der Waals surface area contributed by atoms with Crippen molar-refractivity contribution < 1.29 is 22.7 Å². The molecule has 4 nitrogen and oxygen atoms in total. The van der Waals surface area contributed by atoms with Gasteiger partial charge in [0.15, 0.2) is 0 Å². The quantitative estimate of drug-likeness (QED) is 0.627. The molecule has 0 aromatic rings. The summed E-state index contributed by atoms with van der Waals surface area (Å²) in [5.74, 6) is -2.45. The van der Waals surface area contributed by atoms with E-state index in [4.69, 9.17) is 10.2 Å². The van der Waals surface area contributed by atoms with E-state index in [-0.39, 0.29) is 53.4 Å². The van der Waals surface area contributed by atoms with Crippen LogP contribution in [0.2, 0.25) is 0 Å². The summed E-state index contributed by atoms with van der Waals surface area (Å²) in [4.78, 5) is 20.1. The molecular formula is C6H12CaO4. The third kappa shape index (κ3) is 8.10. The van der Waals surface area contributed by atoms with Crippen molar-refractivity contribution in [1.82, 2.24) is 0 Å². The molecule has 0 saturated carbocycles. The number of carbonyl (C=O) groups is 2. The Morgan fingerprint density at radius 3 is 2.18 bits per heavy atom. The molecule has 0 aliphatic heterocycles. The van der Waals surface area contributed by atoms with Gasteiger partial charge in [-0.3, -0.25) is 9.59 Å². The summed E-state index contributed by atoms with van der Waals surface area (Å²) < 4.78 is 0. The van der Waals surface area contributed by atoms with E-state index < -0.39 is 17.9 Å². The number of carboxylic acids is 2. The molecule has 0 saturated heterocycles. The monoisotopic (exact) mass is 188 g/mol. The summed E-state index contributed by atoms with van der Waals surface area (Å²) in [6, 6.07) is 0. The van der Waals surface area contributed by atoms with Crippen molar-refractivity contribution in [3.05, 3.63) is 0 Å². The second-order valence-electron chi connectivity index (χ2n) is 2.17. The van der Waals surface area contributed by atoms with E-state index in [1.165, 1.54) is 6.92 Å². The van der Waals surface area contributed by atoms with Crippen LogP contribution in [0.1, 0.15) is 22.6 Å². The predicted octanol–water partition coefficient (Wildman–Crippen LogP) is 0.416. The van der Waals surface area contributed by atoms with Crippen LogP contribution in [0.3, 0.4) is 0 Å². The molecule has 5 heteroatoms. The van der Waals surface area contributed by atoms with Crippen molar-refractivity contribution in [3.8, 4) is 0 Å². The Morgan fingerprint density at radius 1 is 1.45 bits per heavy atom. The normalized spacial score (nSPS) is 11.4. The van der Waals surface area contributed by atoms with Gasteiger partial charge in [0.25, 0.3) is 0 Å². The first-order valence-electron chi connectivity index (χ1n) is 2.98. The predicted molar refractivity (Wildman–Crippen MR) is 41.6 cm³/mol. The average molecular weight is 188 g/mol. The summed E-state index contributed by atoms with van der Waals surface area (Å²) >= 11 is 0. The average Bonchev–Trinajstić information content (AvgIpc) is 1.82. The molecule has 62 valence electrons. The molecule has 0 heterocycles. The van der Waals surface area contributed by atoms with Gasteiger partial charge in [-0.25, -0.2) is 0 Å². The van der Waals surface area contributed by atoms with E-state index in [0.717, 1.165) is 0 Å². The van der Waals surface area contributed by atoms with Gasteiger partial charge in [0.05, 0.1) is 5.92 Å². The number of carboxylic acid groups (broad SMARTS) is 2. The number of hydrogen-bond acceptors (Lipinski definition) is 2. The van der Waals surface area contributed by atoms with E-state index in [9.17, 15) is 9.59 Å². The third-order valence-electron chi connectivity index (χ3n) is 1.21. The van der Waals surface area contributed by atoms with Crippen molar-refractivity contribution >= 4 is 49.7 Å². The zero-order chi connectivity index (χ0) is 8.15. The van der Waals surface area contributed by atoms with Gasteiger partial charge >= 0.3 is 49.7 Å². The van der Waals surface area contributed by atoms with Gasteiger partial charge in [0.1, 0.15) is 0 Å². The van der Waals surface area contributed by atoms with Gasteiger partial charge in [-0.1, -0.05) is 6.92 Å². The molecule has 0 radical (unpaired) electrons. The summed E-state index contributed by atoms with van der Waals surface area (Å²) in [7, 11) is 0. The molecule has 0 amide bonds. The zero-order valence-corrected chi connectivity index (χ0v) is 8.62. The Kier molecular flexibility index (Phi) is 8.61. The fraction of sp³-hybridized carbons (Fsp3) is 0.667. The van der Waals surface area contributed by atoms with Gasteiger partial charge < -0.3 is 13.1 Å². The minimum Gasteiger partial charge on any atom is -1.00 e. The smallest absolute Gasteiger partial charge is 1.00 e. The van der Waals surface area contributed by atoms with Gasteiger partial charge in [0.2, 0.25) is 0 Å². The Morgan fingerprint density at radius 2 is 1.91 bits per heavy atom. The topological polar surface area (TPSA) is 74.6 Å². The first-order chi connectivity index (χ1) is 4.54. The van der Waals surface area contributed by atoms with Crippen LogP contribution in [0.5, 0.6) is 0 Å². The fourth-order valence-electron chi connectivity index (χ4n) is 0.463. The third-order valence-corrected chi connectivity index (χ3v) is 1.21. The van der Waals surface area contributed by atoms with E-state index in [2.05, 4.69) is 0 Å². The molecule has 0 fully saturated rings. The second kappa shape index (κ2) is 6.88. The minimum atomic E-state index is -0.951. The maximum absolute atomic E-state index is 10.1. The molecule has 0 rings (SSSR count). The molecule has 0 aliphatic rings. The number of aliphatic carboxylic acids is 2. The maximum atomic E-state index is 10.1. The van der Waals surface area contributed by atoms with E-state index in [1.54, 1.807) is 0 Å². The molecule has 0 aromatic carbocycles. The molecular weight excluding hydrogens is 176 g/mol. The van der Waals surface area contributed by atoms with Crippen LogP contribution in [0.15, 0.2) is 0 Å². The molecule has 0 bridgehead atoms. The van der Waals surface area contributed by atoms with Crippen molar-refractivity contribution in [2.75, 3.05) is 0 Å². The Hall–Kier alpha value is 0.200. The van der Waals surface area contributed by atoms with Crippen molar-refractivity contribution in [1.29, 1.82) is 0 Å². The summed E-state index contributed by atoms with van der Waals surface area (Å²) in [6.45, 7) is 1.49. The number of hydrogen-bond donors (Lipinski definition) is 2. The first kappa shape index (κ1) is 13.8. The van der Waals surface area contributed by atoms with Crippen molar-refractivity contribution in [3.63, 3.8) is 0 Å². The minimum absolute atomic E-state index is 0. The standard InChI is InChI=1S/C6H10O4.Ca.2H/c1-4(6(9)10)2-3-5(7)8;;;/h4H,2-3H2,1H3,(H,7,8)(H,9,10);;;/q;+2;2*-1. The molecule has 2 N–H and O–H groups in total. The first-order valence-corrected chi connectivity index (χ1v) is 2.98. The molecule has 0 aromatic heterocycles. The molecule has 11 heavy (non-hydrogen) atoms. The Balaban J connectivity index is -0.000000135. The SMILES string of the molecule is CC(CCC(=O)O)C(=O)O.[Ca+2].[H-].[H-]. The zero-order valence-electron chi connectivity index (χ0n) is 8.41. The summed E-state index contributed by atoms with van der Waals surface area (Å²) in [5, 5.41) is 16.5. The summed E-state index contributed by atoms with van der Waals surface area (Å²) in [6.07, 6.45) is 0.123. The van der Waals surface area contributed by atoms with Crippen LogP contribution in [-0.2, 0) is 9.59 Å². The maximum Gasteiger partial charge on any atom is 2.00 e. The van der Waals surface area contributed by atoms with Crippen molar-refractivity contribution in [2.24, 2.45) is 5.92 Å². The van der Waals surface area contributed by atoms with Gasteiger partial charge in [-0.2, -0.15) is 0 Å². The summed E-state index contributed by atoms with van der Waals surface area (Å²) in [5.41, 5.74) is 0. The van der Waals surface area contributed by atoms with Gasteiger partial charge in [-0.15, -0.1) is 0 Å². The molecule has 0 spiro atoms. The van der Waals surface area contributed by atoms with Crippen LogP contribution < -0.4 is 0 Å². The largest absolute Gasteiger partial charge is 2.00 e. The molecule has 0 aliphatic carbocycles. The second-order valence-corrected chi connectivity index (χ2v) is 2.17. The van der Waals surface area contributed by atoms with Gasteiger partial charge in [-0.05, 0) is 6.42 Å².